The first kappa shape index (κ1) is 18.7. The standard InChI is InChI=1S/C23H23NO3/c1-26-17-19-11-5-6-13-21(19)23(25)24-15-16-27-22-14-8-7-12-20(22)18-9-3-2-4-10-18/h2-14H,15-17H2,1H3,(H,24,25). The normalized spacial score (nSPS) is 10.4. The van der Waals surface area contributed by atoms with E-state index in [-0.39, 0.29) is 5.91 Å². The fourth-order valence-electron chi connectivity index (χ4n) is 2.89. The Morgan fingerprint density at radius 3 is 2.41 bits per heavy atom. The van der Waals surface area contributed by atoms with Gasteiger partial charge >= 0.3 is 0 Å². The first-order chi connectivity index (χ1) is 13.3. The van der Waals surface area contributed by atoms with E-state index in [9.17, 15) is 4.79 Å². The second kappa shape index (κ2) is 9.55. The molecule has 138 valence electrons. The molecule has 0 unspecified atom stereocenters. The molecule has 0 heterocycles. The van der Waals surface area contributed by atoms with Crippen molar-refractivity contribution in [1.29, 1.82) is 0 Å². The lowest BCUT2D eigenvalue weighted by Gasteiger charge is -2.13. The van der Waals surface area contributed by atoms with Gasteiger partial charge in [0.2, 0.25) is 0 Å². The summed E-state index contributed by atoms with van der Waals surface area (Å²) in [6, 6.07) is 25.5. The van der Waals surface area contributed by atoms with Crippen molar-refractivity contribution < 1.29 is 14.3 Å². The van der Waals surface area contributed by atoms with Crippen LogP contribution in [-0.4, -0.2) is 26.2 Å². The van der Waals surface area contributed by atoms with E-state index in [1.165, 1.54) is 0 Å². The van der Waals surface area contributed by atoms with Crippen molar-refractivity contribution in [1.82, 2.24) is 5.32 Å². The molecule has 3 aromatic rings. The smallest absolute Gasteiger partial charge is 0.251 e. The van der Waals surface area contributed by atoms with Gasteiger partial charge in [-0.3, -0.25) is 4.79 Å². The summed E-state index contributed by atoms with van der Waals surface area (Å²) < 4.78 is 11.1. The molecule has 0 radical (unpaired) electrons. The van der Waals surface area contributed by atoms with Crippen LogP contribution in [0.3, 0.4) is 0 Å². The highest BCUT2D eigenvalue weighted by atomic mass is 16.5. The van der Waals surface area contributed by atoms with Crippen LogP contribution in [0.15, 0.2) is 78.9 Å². The Morgan fingerprint density at radius 2 is 1.59 bits per heavy atom. The predicted octanol–water partition coefficient (Wildman–Crippen LogP) is 4.31. The monoisotopic (exact) mass is 361 g/mol. The molecule has 4 nitrogen and oxygen atoms in total. The summed E-state index contributed by atoms with van der Waals surface area (Å²) in [7, 11) is 1.62. The number of benzene rings is 3. The molecule has 4 heteroatoms. The lowest BCUT2D eigenvalue weighted by atomic mass is 10.1. The molecule has 0 spiro atoms. The van der Waals surface area contributed by atoms with Crippen molar-refractivity contribution in [3.63, 3.8) is 0 Å². The molecule has 0 aliphatic heterocycles. The lowest BCUT2D eigenvalue weighted by Crippen LogP contribution is -2.29. The minimum Gasteiger partial charge on any atom is -0.491 e. The van der Waals surface area contributed by atoms with Crippen molar-refractivity contribution in [2.24, 2.45) is 0 Å². The third-order valence-electron chi connectivity index (χ3n) is 4.18. The lowest BCUT2D eigenvalue weighted by molar-refractivity contribution is 0.0942. The van der Waals surface area contributed by atoms with Crippen LogP contribution >= 0.6 is 0 Å². The van der Waals surface area contributed by atoms with Crippen LogP contribution in [0.2, 0.25) is 0 Å². The second-order valence-electron chi connectivity index (χ2n) is 6.06. The highest BCUT2D eigenvalue weighted by Crippen LogP contribution is 2.29. The van der Waals surface area contributed by atoms with E-state index >= 15 is 0 Å². The number of hydrogen-bond donors (Lipinski definition) is 1. The van der Waals surface area contributed by atoms with Gasteiger partial charge in [0, 0.05) is 18.2 Å². The van der Waals surface area contributed by atoms with Crippen molar-refractivity contribution in [2.45, 2.75) is 6.61 Å². The fraction of sp³-hybridized carbons (Fsp3) is 0.174. The molecule has 0 saturated heterocycles. The van der Waals surface area contributed by atoms with Gasteiger partial charge in [0.15, 0.2) is 0 Å². The van der Waals surface area contributed by atoms with Crippen LogP contribution < -0.4 is 10.1 Å². The van der Waals surface area contributed by atoms with Crippen LogP contribution in [0.5, 0.6) is 5.75 Å². The Hall–Kier alpha value is -3.11. The summed E-state index contributed by atoms with van der Waals surface area (Å²) >= 11 is 0. The topological polar surface area (TPSA) is 47.6 Å². The van der Waals surface area contributed by atoms with E-state index < -0.39 is 0 Å². The Kier molecular flexibility index (Phi) is 6.61. The van der Waals surface area contributed by atoms with Crippen molar-refractivity contribution in [3.8, 4) is 16.9 Å². The van der Waals surface area contributed by atoms with Crippen LogP contribution in [0.25, 0.3) is 11.1 Å². The first-order valence-corrected chi connectivity index (χ1v) is 8.92. The highest BCUT2D eigenvalue weighted by molar-refractivity contribution is 5.95. The van der Waals surface area contributed by atoms with E-state index in [0.717, 1.165) is 22.4 Å². The Morgan fingerprint density at radius 1 is 0.889 bits per heavy atom. The third kappa shape index (κ3) is 4.96. The van der Waals surface area contributed by atoms with Crippen LogP contribution in [-0.2, 0) is 11.3 Å². The molecule has 0 bridgehead atoms. The number of amides is 1. The summed E-state index contributed by atoms with van der Waals surface area (Å²) in [4.78, 5) is 12.4. The van der Waals surface area contributed by atoms with Gasteiger partial charge in [-0.05, 0) is 23.3 Å². The largest absolute Gasteiger partial charge is 0.491 e. The molecule has 3 rings (SSSR count). The number of carbonyl (C=O) groups is 1. The van der Waals surface area contributed by atoms with E-state index in [4.69, 9.17) is 9.47 Å². The number of ether oxygens (including phenoxy) is 2. The Labute approximate surface area is 159 Å². The molecule has 0 aliphatic carbocycles. The van der Waals surface area contributed by atoms with Crippen molar-refractivity contribution in [3.05, 3.63) is 90.0 Å². The zero-order chi connectivity index (χ0) is 18.9. The molecule has 1 amide bonds. The van der Waals surface area contributed by atoms with Crippen LogP contribution in [0, 0.1) is 0 Å². The van der Waals surface area contributed by atoms with Gasteiger partial charge in [-0.2, -0.15) is 0 Å². The van der Waals surface area contributed by atoms with Crippen molar-refractivity contribution in [2.75, 3.05) is 20.3 Å². The minimum absolute atomic E-state index is 0.123. The van der Waals surface area contributed by atoms with Gasteiger partial charge in [-0.15, -0.1) is 0 Å². The molecule has 0 aliphatic rings. The van der Waals surface area contributed by atoms with Gasteiger partial charge < -0.3 is 14.8 Å². The average Bonchev–Trinajstić information content (AvgIpc) is 2.72. The Balaban J connectivity index is 1.58. The summed E-state index contributed by atoms with van der Waals surface area (Å²) in [6.07, 6.45) is 0. The van der Waals surface area contributed by atoms with Gasteiger partial charge in [0.05, 0.1) is 13.2 Å². The third-order valence-corrected chi connectivity index (χ3v) is 4.18. The summed E-state index contributed by atoms with van der Waals surface area (Å²) in [5.41, 5.74) is 3.64. The quantitative estimate of drug-likeness (QED) is 0.608. The molecule has 0 aromatic heterocycles. The zero-order valence-electron chi connectivity index (χ0n) is 15.4. The molecule has 27 heavy (non-hydrogen) atoms. The van der Waals surface area contributed by atoms with Crippen LogP contribution in [0.4, 0.5) is 0 Å². The molecule has 3 aromatic carbocycles. The van der Waals surface area contributed by atoms with E-state index in [1.807, 2.05) is 60.7 Å². The van der Waals surface area contributed by atoms with E-state index in [1.54, 1.807) is 13.2 Å². The molecule has 0 atom stereocenters. The van der Waals surface area contributed by atoms with E-state index in [2.05, 4.69) is 17.4 Å². The zero-order valence-corrected chi connectivity index (χ0v) is 15.4. The number of hydrogen-bond acceptors (Lipinski definition) is 3. The highest BCUT2D eigenvalue weighted by Gasteiger charge is 2.10. The number of para-hydroxylation sites is 1. The summed E-state index contributed by atoms with van der Waals surface area (Å²) in [5.74, 6) is 0.681. The fourth-order valence-corrected chi connectivity index (χ4v) is 2.89. The first-order valence-electron chi connectivity index (χ1n) is 8.92. The van der Waals surface area contributed by atoms with Crippen LogP contribution in [0.1, 0.15) is 15.9 Å². The molecule has 1 N–H and O–H groups in total. The summed E-state index contributed by atoms with van der Waals surface area (Å²) in [6.45, 7) is 1.22. The SMILES string of the molecule is COCc1ccccc1C(=O)NCCOc1ccccc1-c1ccccc1. The average molecular weight is 361 g/mol. The molecule has 0 fully saturated rings. The molecule has 0 saturated carbocycles. The maximum absolute atomic E-state index is 12.4. The molecular formula is C23H23NO3. The molecular weight excluding hydrogens is 338 g/mol. The minimum atomic E-state index is -0.123. The maximum atomic E-state index is 12.4. The van der Waals surface area contributed by atoms with Gasteiger partial charge in [-0.1, -0.05) is 66.7 Å². The van der Waals surface area contributed by atoms with E-state index in [0.29, 0.717) is 25.3 Å². The van der Waals surface area contributed by atoms with Gasteiger partial charge in [-0.25, -0.2) is 0 Å². The van der Waals surface area contributed by atoms with Crippen molar-refractivity contribution >= 4 is 5.91 Å². The van der Waals surface area contributed by atoms with Gasteiger partial charge in [0.1, 0.15) is 12.4 Å². The van der Waals surface area contributed by atoms with Gasteiger partial charge in [0.25, 0.3) is 5.91 Å². The number of carbonyl (C=O) groups excluding carboxylic acids is 1. The predicted molar refractivity (Wildman–Crippen MR) is 107 cm³/mol. The second-order valence-corrected chi connectivity index (χ2v) is 6.06. The summed E-state index contributed by atoms with van der Waals surface area (Å²) in [5, 5.41) is 2.91. The maximum Gasteiger partial charge on any atom is 0.251 e. The number of nitrogens with one attached hydrogen (secondary N) is 1. The Bertz CT molecular complexity index is 878. The number of methoxy groups -OCH3 is 1. The number of rotatable bonds is 8.